The van der Waals surface area contributed by atoms with Crippen LogP contribution in [0.15, 0.2) is 48.6 Å². The number of hydrogen-bond acceptors (Lipinski definition) is 13. The molecule has 0 radical (unpaired) electrons. The summed E-state index contributed by atoms with van der Waals surface area (Å²) in [5.41, 5.74) is 0. The van der Waals surface area contributed by atoms with E-state index in [0.29, 0.717) is 12.8 Å². The lowest BCUT2D eigenvalue weighted by atomic mass is 9.97. The predicted octanol–water partition coefficient (Wildman–Crippen LogP) is 15.1. The quantitative estimate of drug-likeness (QED) is 0.0204. The lowest BCUT2D eigenvalue weighted by molar-refractivity contribution is -0.359. The van der Waals surface area contributed by atoms with Crippen LogP contribution >= 0.6 is 0 Å². The van der Waals surface area contributed by atoms with Crippen LogP contribution in [0.3, 0.4) is 0 Å². The Bertz CT molecular complexity index is 1640. The Morgan fingerprint density at radius 3 is 1.20 bits per heavy atom. The number of allylic oxidation sites excluding steroid dienone is 7. The summed E-state index contributed by atoms with van der Waals surface area (Å²) in [7, 11) is 0. The first-order valence-corrected chi connectivity index (χ1v) is 36.4. The second kappa shape index (κ2) is 57.8. The van der Waals surface area contributed by atoms with Gasteiger partial charge in [0, 0.05) is 6.42 Å². The number of aliphatic hydroxyl groups is 8. The van der Waals surface area contributed by atoms with Crippen molar-refractivity contribution in [2.45, 2.75) is 389 Å². The molecule has 87 heavy (non-hydrogen) atoms. The maximum atomic E-state index is 13.3. The van der Waals surface area contributed by atoms with Gasteiger partial charge in [-0.25, -0.2) is 0 Å². The lowest BCUT2D eigenvalue weighted by Gasteiger charge is -2.46. The molecule has 2 heterocycles. The summed E-state index contributed by atoms with van der Waals surface area (Å²) in [4.78, 5) is 13.3. The van der Waals surface area contributed by atoms with Gasteiger partial charge in [0.2, 0.25) is 5.91 Å². The van der Waals surface area contributed by atoms with E-state index in [1.165, 1.54) is 244 Å². The lowest BCUT2D eigenvalue weighted by Crippen LogP contribution is -2.65. The fraction of sp³-hybridized carbons (Fsp3) is 0.877. The third-order valence-corrected chi connectivity index (χ3v) is 17.7. The Hall–Kier alpha value is -2.05. The number of aliphatic hydroxyl groups excluding tert-OH is 8. The molecule has 0 aliphatic carbocycles. The minimum absolute atomic E-state index is 0.245. The molecule has 9 N–H and O–H groups in total. The average Bonchev–Trinajstić information content (AvgIpc) is 2.31. The van der Waals surface area contributed by atoms with Crippen molar-refractivity contribution < 1.29 is 64.6 Å². The zero-order valence-electron chi connectivity index (χ0n) is 55.5. The van der Waals surface area contributed by atoms with Crippen molar-refractivity contribution in [3.63, 3.8) is 0 Å². The van der Waals surface area contributed by atoms with Crippen molar-refractivity contribution in [2.75, 3.05) is 19.8 Å². The van der Waals surface area contributed by atoms with Crippen LogP contribution in [0.25, 0.3) is 0 Å². The molecule has 2 saturated heterocycles. The number of carbonyl (C=O) groups is 1. The Morgan fingerprint density at radius 2 is 0.770 bits per heavy atom. The van der Waals surface area contributed by atoms with Crippen molar-refractivity contribution in [1.82, 2.24) is 5.32 Å². The molecule has 1 amide bonds. The minimum atomic E-state index is -1.79. The number of rotatable bonds is 60. The maximum Gasteiger partial charge on any atom is 0.220 e. The van der Waals surface area contributed by atoms with Crippen molar-refractivity contribution in [3.8, 4) is 0 Å². The molecule has 12 atom stereocenters. The number of unbranched alkanes of at least 4 members (excludes halogenated alkanes) is 41. The highest BCUT2D eigenvalue weighted by Gasteiger charge is 2.51. The van der Waals surface area contributed by atoms with Gasteiger partial charge in [-0.2, -0.15) is 0 Å². The molecule has 14 heteroatoms. The van der Waals surface area contributed by atoms with Gasteiger partial charge in [-0.15, -0.1) is 0 Å². The molecule has 0 saturated carbocycles. The maximum absolute atomic E-state index is 13.3. The van der Waals surface area contributed by atoms with Crippen molar-refractivity contribution in [3.05, 3.63) is 48.6 Å². The average molecular weight is 1230 g/mol. The first-order chi connectivity index (χ1) is 42.6. The van der Waals surface area contributed by atoms with E-state index in [2.05, 4.69) is 55.6 Å². The summed E-state index contributed by atoms with van der Waals surface area (Å²) in [6, 6.07) is -0.929. The molecule has 0 aromatic rings. The van der Waals surface area contributed by atoms with Crippen LogP contribution in [0.4, 0.5) is 0 Å². The van der Waals surface area contributed by atoms with E-state index in [0.717, 1.165) is 38.5 Å². The zero-order chi connectivity index (χ0) is 63.1. The van der Waals surface area contributed by atoms with Crippen LogP contribution in [0.5, 0.6) is 0 Å². The molecule has 2 fully saturated rings. The third-order valence-electron chi connectivity index (χ3n) is 17.7. The molecule has 0 spiro atoms. The molecule has 0 aromatic carbocycles. The molecular weight excluding hydrogens is 1100 g/mol. The SMILES string of the molecule is CCCCCCC/C=C\C/C=C\CCCCCCCCCCCCCCCCCCCCCCCCCCCCCCCC(=O)NC(COC1OC(CO)C(OC2OC(CO)C(O)C(O)C2O)C(O)C1O)C(O)/C=C/CC/C=C/CCCCCCCC. The normalized spacial score (nSPS) is 23.5. The van der Waals surface area contributed by atoms with Gasteiger partial charge in [0.05, 0.1) is 32.0 Å². The minimum Gasteiger partial charge on any atom is -0.394 e. The van der Waals surface area contributed by atoms with E-state index in [-0.39, 0.29) is 18.9 Å². The summed E-state index contributed by atoms with van der Waals surface area (Å²) < 4.78 is 22.8. The number of hydrogen-bond donors (Lipinski definition) is 9. The Balaban J connectivity index is 1.52. The van der Waals surface area contributed by atoms with Gasteiger partial charge in [0.1, 0.15) is 48.8 Å². The van der Waals surface area contributed by atoms with E-state index in [1.807, 2.05) is 6.08 Å². The predicted molar refractivity (Wildman–Crippen MR) is 355 cm³/mol. The van der Waals surface area contributed by atoms with Gasteiger partial charge in [0.15, 0.2) is 12.6 Å². The third kappa shape index (κ3) is 41.9. The zero-order valence-corrected chi connectivity index (χ0v) is 55.5. The molecule has 12 unspecified atom stereocenters. The Labute approximate surface area is 531 Å². The Kier molecular flexibility index (Phi) is 53.9. The summed E-state index contributed by atoms with van der Waals surface area (Å²) in [5.74, 6) is -0.245. The second-order valence-corrected chi connectivity index (χ2v) is 25.7. The Morgan fingerprint density at radius 1 is 0.414 bits per heavy atom. The van der Waals surface area contributed by atoms with E-state index in [4.69, 9.17) is 18.9 Å². The molecule has 2 aliphatic heterocycles. The number of nitrogens with one attached hydrogen (secondary N) is 1. The molecule has 0 aromatic heterocycles. The summed E-state index contributed by atoms with van der Waals surface area (Å²) in [6.07, 6.45) is 59.4. The topological polar surface area (TPSA) is 228 Å². The van der Waals surface area contributed by atoms with Gasteiger partial charge < -0.3 is 65.1 Å². The van der Waals surface area contributed by atoms with Crippen LogP contribution in [-0.4, -0.2) is 140 Å². The van der Waals surface area contributed by atoms with Gasteiger partial charge in [-0.05, 0) is 64.2 Å². The largest absolute Gasteiger partial charge is 0.394 e. The molecule has 0 bridgehead atoms. The van der Waals surface area contributed by atoms with Crippen LogP contribution in [0.1, 0.15) is 316 Å². The van der Waals surface area contributed by atoms with Crippen LogP contribution in [0.2, 0.25) is 0 Å². The standard InChI is InChI=1S/C73H135NO13/c1-3-5-7-9-11-13-15-17-18-19-20-21-22-23-24-25-26-27-28-29-30-31-32-33-34-35-36-37-38-39-40-41-42-43-44-45-47-49-51-53-55-57-65(78)74-61(62(77)56-54-52-50-48-46-16-14-12-10-8-6-4-2)60-84-72-70(83)68(81)71(64(59-76)86-72)87-73-69(82)67(80)66(79)63(58-75)85-73/h15,17,19-20,46,48,54,56,61-64,66-73,75-77,79-83H,3-14,16,18,21-45,47,49-53,55,57-60H2,1-2H3,(H,74,78)/b17-15-,20-19-,48-46+,56-54+. The summed E-state index contributed by atoms with van der Waals surface area (Å²) in [5, 5.41) is 87.1. The van der Waals surface area contributed by atoms with Crippen molar-refractivity contribution >= 4 is 5.91 Å². The first-order valence-electron chi connectivity index (χ1n) is 36.4. The van der Waals surface area contributed by atoms with Crippen molar-refractivity contribution in [1.29, 1.82) is 0 Å². The van der Waals surface area contributed by atoms with Gasteiger partial charge in [-0.1, -0.05) is 294 Å². The fourth-order valence-corrected chi connectivity index (χ4v) is 11.9. The van der Waals surface area contributed by atoms with Crippen LogP contribution < -0.4 is 5.32 Å². The van der Waals surface area contributed by atoms with E-state index in [1.54, 1.807) is 6.08 Å². The second-order valence-electron chi connectivity index (χ2n) is 25.7. The highest BCUT2D eigenvalue weighted by atomic mass is 16.7. The van der Waals surface area contributed by atoms with E-state index < -0.39 is 86.8 Å². The monoisotopic (exact) mass is 1230 g/mol. The van der Waals surface area contributed by atoms with Crippen molar-refractivity contribution in [2.24, 2.45) is 0 Å². The van der Waals surface area contributed by atoms with E-state index >= 15 is 0 Å². The number of ether oxygens (including phenoxy) is 4. The summed E-state index contributed by atoms with van der Waals surface area (Å²) in [6.45, 7) is 2.77. The highest BCUT2D eigenvalue weighted by Crippen LogP contribution is 2.30. The van der Waals surface area contributed by atoms with Gasteiger partial charge >= 0.3 is 0 Å². The summed E-state index contributed by atoms with van der Waals surface area (Å²) >= 11 is 0. The van der Waals surface area contributed by atoms with Crippen LogP contribution in [0, 0.1) is 0 Å². The molecule has 2 aliphatic rings. The molecular formula is C73H135NO13. The van der Waals surface area contributed by atoms with Gasteiger partial charge in [-0.3, -0.25) is 4.79 Å². The fourth-order valence-electron chi connectivity index (χ4n) is 11.9. The molecule has 2 rings (SSSR count). The molecule has 14 nitrogen and oxygen atoms in total. The smallest absolute Gasteiger partial charge is 0.220 e. The van der Waals surface area contributed by atoms with E-state index in [9.17, 15) is 45.6 Å². The van der Waals surface area contributed by atoms with Gasteiger partial charge in [0.25, 0.3) is 0 Å². The molecule has 510 valence electrons. The first kappa shape index (κ1) is 81.0. The number of carbonyl (C=O) groups excluding carboxylic acids is 1. The van der Waals surface area contributed by atoms with Crippen LogP contribution in [-0.2, 0) is 23.7 Å². The number of amides is 1. The highest BCUT2D eigenvalue weighted by molar-refractivity contribution is 5.76.